The van der Waals surface area contributed by atoms with Crippen LogP contribution in [0.15, 0.2) is 0 Å². The Hall–Kier alpha value is -1.06. The molecule has 104 valence electrons. The van der Waals surface area contributed by atoms with E-state index in [9.17, 15) is 9.59 Å². The number of nitrogens with zero attached hydrogens (tertiary/aromatic N) is 1. The maximum Gasteiger partial charge on any atom is 0.248 e. The summed E-state index contributed by atoms with van der Waals surface area (Å²) in [5, 5.41) is 2.81. The highest BCUT2D eigenvalue weighted by Crippen LogP contribution is 2.24. The lowest BCUT2D eigenvalue weighted by molar-refractivity contribution is -0.156. The van der Waals surface area contributed by atoms with E-state index < -0.39 is 5.54 Å². The highest BCUT2D eigenvalue weighted by atomic mass is 16.2. The zero-order valence-electron chi connectivity index (χ0n) is 12.4. The smallest absolute Gasteiger partial charge is 0.248 e. The maximum atomic E-state index is 12.5. The molecule has 4 nitrogen and oxygen atoms in total. The molecule has 1 aliphatic rings. The van der Waals surface area contributed by atoms with Crippen molar-refractivity contribution in [3.8, 4) is 0 Å². The summed E-state index contributed by atoms with van der Waals surface area (Å²) in [5.74, 6) is 0.512. The fraction of sp³-hybridized carbons (Fsp3) is 0.857. The normalized spacial score (nSPS) is 25.3. The number of amides is 2. The molecule has 1 heterocycles. The summed E-state index contributed by atoms with van der Waals surface area (Å²) in [5.41, 5.74) is -0.784. The lowest BCUT2D eigenvalue weighted by Crippen LogP contribution is -2.69. The first kappa shape index (κ1) is 15.0. The van der Waals surface area contributed by atoms with Gasteiger partial charge >= 0.3 is 0 Å². The van der Waals surface area contributed by atoms with Crippen molar-refractivity contribution in [2.75, 3.05) is 0 Å². The van der Waals surface area contributed by atoms with Crippen LogP contribution in [-0.2, 0) is 9.59 Å². The first-order valence-corrected chi connectivity index (χ1v) is 6.85. The standard InChI is InChI=1S/C14H26N2O2/c1-7-11-12(17)15-14(5,6)13(18)16(11)10(4)8-9(2)3/h9-11H,7-8H2,1-6H3,(H,15,17). The largest absolute Gasteiger partial charge is 0.340 e. The van der Waals surface area contributed by atoms with Gasteiger partial charge in [-0.25, -0.2) is 0 Å². The number of carbonyl (C=O) groups is 2. The van der Waals surface area contributed by atoms with Gasteiger partial charge in [0.2, 0.25) is 11.8 Å². The van der Waals surface area contributed by atoms with Crippen LogP contribution < -0.4 is 5.32 Å². The first-order valence-electron chi connectivity index (χ1n) is 6.85. The predicted octanol–water partition coefficient (Wildman–Crippen LogP) is 1.94. The van der Waals surface area contributed by atoms with Gasteiger partial charge in [0.15, 0.2) is 0 Å². The van der Waals surface area contributed by atoms with Gasteiger partial charge in [0.25, 0.3) is 0 Å². The monoisotopic (exact) mass is 254 g/mol. The van der Waals surface area contributed by atoms with Crippen molar-refractivity contribution in [3.63, 3.8) is 0 Å². The van der Waals surface area contributed by atoms with E-state index in [1.54, 1.807) is 18.7 Å². The van der Waals surface area contributed by atoms with E-state index >= 15 is 0 Å². The van der Waals surface area contributed by atoms with Crippen molar-refractivity contribution in [1.82, 2.24) is 10.2 Å². The molecule has 1 aliphatic heterocycles. The summed E-state index contributed by atoms with van der Waals surface area (Å²) >= 11 is 0. The molecule has 0 aromatic heterocycles. The third-order valence-corrected chi connectivity index (χ3v) is 3.52. The van der Waals surface area contributed by atoms with Crippen LogP contribution in [-0.4, -0.2) is 34.3 Å². The van der Waals surface area contributed by atoms with Crippen molar-refractivity contribution >= 4 is 11.8 Å². The SMILES string of the molecule is CCC1C(=O)NC(C)(C)C(=O)N1C(C)CC(C)C. The number of hydrogen-bond donors (Lipinski definition) is 1. The van der Waals surface area contributed by atoms with E-state index in [0.717, 1.165) is 6.42 Å². The average molecular weight is 254 g/mol. The molecule has 0 aromatic rings. The molecule has 18 heavy (non-hydrogen) atoms. The molecule has 1 rings (SSSR count). The second kappa shape index (κ2) is 5.29. The average Bonchev–Trinajstić information content (AvgIpc) is 2.20. The Bertz CT molecular complexity index is 337. The molecule has 0 saturated carbocycles. The Morgan fingerprint density at radius 2 is 1.83 bits per heavy atom. The van der Waals surface area contributed by atoms with Gasteiger partial charge in [-0.3, -0.25) is 9.59 Å². The fourth-order valence-electron chi connectivity index (χ4n) is 2.72. The number of carbonyl (C=O) groups excluding carboxylic acids is 2. The molecule has 1 fully saturated rings. The molecule has 0 aliphatic carbocycles. The molecule has 2 unspecified atom stereocenters. The molecule has 2 amide bonds. The number of rotatable bonds is 4. The van der Waals surface area contributed by atoms with Gasteiger partial charge in [0.05, 0.1) is 0 Å². The van der Waals surface area contributed by atoms with Gasteiger partial charge in [-0.15, -0.1) is 0 Å². The predicted molar refractivity (Wildman–Crippen MR) is 72.1 cm³/mol. The van der Waals surface area contributed by atoms with Crippen LogP contribution >= 0.6 is 0 Å². The van der Waals surface area contributed by atoms with Crippen LogP contribution in [0.5, 0.6) is 0 Å². The van der Waals surface area contributed by atoms with E-state index in [2.05, 4.69) is 19.2 Å². The van der Waals surface area contributed by atoms with Gasteiger partial charge in [0.1, 0.15) is 11.6 Å². The molecule has 1 N–H and O–H groups in total. The minimum Gasteiger partial charge on any atom is -0.340 e. The Morgan fingerprint density at radius 1 is 1.28 bits per heavy atom. The van der Waals surface area contributed by atoms with E-state index in [1.807, 2.05) is 13.8 Å². The summed E-state index contributed by atoms with van der Waals surface area (Å²) in [6.07, 6.45) is 1.59. The van der Waals surface area contributed by atoms with E-state index in [1.165, 1.54) is 0 Å². The molecule has 0 aromatic carbocycles. The van der Waals surface area contributed by atoms with Gasteiger partial charge in [-0.2, -0.15) is 0 Å². The molecule has 0 bridgehead atoms. The highest BCUT2D eigenvalue weighted by molar-refractivity contribution is 5.99. The van der Waals surface area contributed by atoms with Crippen molar-refractivity contribution in [2.24, 2.45) is 5.92 Å². The van der Waals surface area contributed by atoms with E-state index in [0.29, 0.717) is 12.3 Å². The fourth-order valence-corrected chi connectivity index (χ4v) is 2.72. The van der Waals surface area contributed by atoms with Gasteiger partial charge < -0.3 is 10.2 Å². The van der Waals surface area contributed by atoms with Crippen LogP contribution in [0.3, 0.4) is 0 Å². The van der Waals surface area contributed by atoms with Crippen LogP contribution in [0.25, 0.3) is 0 Å². The van der Waals surface area contributed by atoms with Crippen LogP contribution in [0.1, 0.15) is 54.4 Å². The van der Waals surface area contributed by atoms with Crippen molar-refractivity contribution in [1.29, 1.82) is 0 Å². The molecule has 1 saturated heterocycles. The summed E-state index contributed by atoms with van der Waals surface area (Å²) in [6.45, 7) is 11.8. The molecule has 2 atom stereocenters. The minimum absolute atomic E-state index is 0.0297. The Morgan fingerprint density at radius 3 is 2.28 bits per heavy atom. The van der Waals surface area contributed by atoms with Crippen molar-refractivity contribution in [3.05, 3.63) is 0 Å². The molecule has 0 spiro atoms. The first-order chi connectivity index (χ1) is 8.20. The lowest BCUT2D eigenvalue weighted by Gasteiger charge is -2.45. The quantitative estimate of drug-likeness (QED) is 0.833. The molecule has 0 radical (unpaired) electrons. The molecule has 4 heteroatoms. The van der Waals surface area contributed by atoms with Crippen molar-refractivity contribution < 1.29 is 9.59 Å². The van der Waals surface area contributed by atoms with Crippen molar-refractivity contribution in [2.45, 2.75) is 72.0 Å². The second-order valence-electron chi connectivity index (χ2n) is 6.23. The number of piperazine rings is 1. The van der Waals surface area contributed by atoms with Crippen LogP contribution in [0, 0.1) is 5.92 Å². The summed E-state index contributed by atoms with van der Waals surface area (Å²) < 4.78 is 0. The summed E-state index contributed by atoms with van der Waals surface area (Å²) in [4.78, 5) is 26.4. The topological polar surface area (TPSA) is 49.4 Å². The van der Waals surface area contributed by atoms with Gasteiger partial charge in [0, 0.05) is 6.04 Å². The Labute approximate surface area is 110 Å². The third kappa shape index (κ3) is 2.85. The minimum atomic E-state index is -0.784. The lowest BCUT2D eigenvalue weighted by atomic mass is 9.92. The maximum absolute atomic E-state index is 12.5. The molecular weight excluding hydrogens is 228 g/mol. The molecular formula is C14H26N2O2. The van der Waals surface area contributed by atoms with Crippen LogP contribution in [0.4, 0.5) is 0 Å². The van der Waals surface area contributed by atoms with Gasteiger partial charge in [-0.1, -0.05) is 20.8 Å². The van der Waals surface area contributed by atoms with E-state index in [-0.39, 0.29) is 23.9 Å². The Kier molecular flexibility index (Phi) is 4.41. The number of nitrogens with one attached hydrogen (secondary N) is 1. The third-order valence-electron chi connectivity index (χ3n) is 3.52. The van der Waals surface area contributed by atoms with Gasteiger partial charge in [-0.05, 0) is 39.5 Å². The zero-order valence-corrected chi connectivity index (χ0v) is 12.4. The zero-order chi connectivity index (χ0) is 14.1. The van der Waals surface area contributed by atoms with Crippen LogP contribution in [0.2, 0.25) is 0 Å². The highest BCUT2D eigenvalue weighted by Gasteiger charge is 2.46. The second-order valence-corrected chi connectivity index (χ2v) is 6.23. The number of hydrogen-bond acceptors (Lipinski definition) is 2. The Balaban J connectivity index is 3.00. The summed E-state index contributed by atoms with van der Waals surface area (Å²) in [7, 11) is 0. The summed E-state index contributed by atoms with van der Waals surface area (Å²) in [6, 6.07) is -0.216. The van der Waals surface area contributed by atoms with E-state index in [4.69, 9.17) is 0 Å².